The van der Waals surface area contributed by atoms with Crippen LogP contribution in [0, 0.1) is 6.92 Å². The van der Waals surface area contributed by atoms with Crippen molar-refractivity contribution < 1.29 is 19.4 Å². The van der Waals surface area contributed by atoms with E-state index in [0.29, 0.717) is 17.1 Å². The third kappa shape index (κ3) is 5.80. The summed E-state index contributed by atoms with van der Waals surface area (Å²) >= 11 is 1.27. The average Bonchev–Trinajstić information content (AvgIpc) is 2.59. The van der Waals surface area contributed by atoms with Crippen LogP contribution >= 0.6 is 11.8 Å². The lowest BCUT2D eigenvalue weighted by Gasteiger charge is -2.09. The van der Waals surface area contributed by atoms with Gasteiger partial charge in [-0.15, -0.1) is 11.8 Å². The van der Waals surface area contributed by atoms with Gasteiger partial charge < -0.3 is 9.84 Å². The quantitative estimate of drug-likeness (QED) is 0.567. The number of methoxy groups -OCH3 is 1. The summed E-state index contributed by atoms with van der Waals surface area (Å²) in [6.45, 7) is 2.00. The molecule has 0 aliphatic carbocycles. The third-order valence-electron chi connectivity index (χ3n) is 3.52. The molecule has 0 spiro atoms. The molecule has 0 heterocycles. The second-order valence-electron chi connectivity index (χ2n) is 5.52. The molecule has 0 aliphatic rings. The van der Waals surface area contributed by atoms with Gasteiger partial charge >= 0.3 is 5.97 Å². The van der Waals surface area contributed by atoms with Gasteiger partial charge in [0.05, 0.1) is 12.9 Å². The summed E-state index contributed by atoms with van der Waals surface area (Å²) in [6.07, 6.45) is 3.34. The normalized spacial score (nSPS) is 10.8. The van der Waals surface area contributed by atoms with Gasteiger partial charge in [0.2, 0.25) is 0 Å². The first-order valence-electron chi connectivity index (χ1n) is 7.75. The van der Waals surface area contributed by atoms with Crippen molar-refractivity contribution in [2.24, 2.45) is 0 Å². The van der Waals surface area contributed by atoms with Crippen molar-refractivity contribution >= 4 is 29.6 Å². The fourth-order valence-electron chi connectivity index (χ4n) is 2.33. The number of carbonyl (C=O) groups excluding carboxylic acids is 1. The van der Waals surface area contributed by atoms with E-state index in [2.05, 4.69) is 0 Å². The minimum absolute atomic E-state index is 0.00852. The van der Waals surface area contributed by atoms with Crippen molar-refractivity contribution in [2.45, 2.75) is 12.7 Å². The highest BCUT2D eigenvalue weighted by atomic mass is 32.2. The molecule has 0 atom stereocenters. The van der Waals surface area contributed by atoms with Crippen molar-refractivity contribution in [3.8, 4) is 5.75 Å². The molecule has 0 unspecified atom stereocenters. The predicted molar refractivity (Wildman–Crippen MR) is 101 cm³/mol. The van der Waals surface area contributed by atoms with Gasteiger partial charge in [0.1, 0.15) is 5.75 Å². The van der Waals surface area contributed by atoms with Gasteiger partial charge in [-0.1, -0.05) is 35.9 Å². The van der Waals surface area contributed by atoms with Crippen LogP contribution in [0.15, 0.2) is 48.5 Å². The first kappa shape index (κ1) is 18.8. The second-order valence-corrected chi connectivity index (χ2v) is 6.51. The van der Waals surface area contributed by atoms with Crippen LogP contribution in [0.1, 0.15) is 27.0 Å². The van der Waals surface area contributed by atoms with Crippen LogP contribution in [0.4, 0.5) is 0 Å². The zero-order valence-electron chi connectivity index (χ0n) is 14.2. The zero-order chi connectivity index (χ0) is 18.2. The number of ether oxygens (including phenoxy) is 1. The molecule has 5 heteroatoms. The summed E-state index contributed by atoms with van der Waals surface area (Å²) in [5.41, 5.74) is 3.47. The van der Waals surface area contributed by atoms with Crippen molar-refractivity contribution in [3.05, 3.63) is 70.8 Å². The number of hydrogen-bond acceptors (Lipinski definition) is 4. The molecule has 25 heavy (non-hydrogen) atoms. The molecule has 0 amide bonds. The predicted octanol–water partition coefficient (Wildman–Crippen LogP) is 4.22. The summed E-state index contributed by atoms with van der Waals surface area (Å²) in [6, 6.07) is 13.1. The fourth-order valence-corrected chi connectivity index (χ4v) is 3.06. The SMILES string of the molecule is COc1ccc(C(=O)C=Cc2cccc(C)c2)cc1CSCC(=O)O. The largest absolute Gasteiger partial charge is 0.496 e. The van der Waals surface area contributed by atoms with Gasteiger partial charge in [0.15, 0.2) is 5.78 Å². The van der Waals surface area contributed by atoms with Gasteiger partial charge in [-0.2, -0.15) is 0 Å². The zero-order valence-corrected chi connectivity index (χ0v) is 15.0. The Morgan fingerprint density at radius 1 is 1.20 bits per heavy atom. The minimum atomic E-state index is -0.864. The number of ketones is 1. The van der Waals surface area contributed by atoms with E-state index in [9.17, 15) is 9.59 Å². The fraction of sp³-hybridized carbons (Fsp3) is 0.200. The maximum atomic E-state index is 12.4. The van der Waals surface area contributed by atoms with Crippen molar-refractivity contribution in [1.29, 1.82) is 0 Å². The van der Waals surface area contributed by atoms with E-state index >= 15 is 0 Å². The van der Waals surface area contributed by atoms with E-state index in [0.717, 1.165) is 16.7 Å². The van der Waals surface area contributed by atoms with Crippen molar-refractivity contribution in [3.63, 3.8) is 0 Å². The number of allylic oxidation sites excluding steroid dienone is 1. The maximum absolute atomic E-state index is 12.4. The number of rotatable bonds is 8. The average molecular weight is 356 g/mol. The Bertz CT molecular complexity index is 796. The Kier molecular flexibility index (Phi) is 6.83. The molecule has 2 rings (SSSR count). The van der Waals surface area contributed by atoms with E-state index in [4.69, 9.17) is 9.84 Å². The molecule has 0 saturated carbocycles. The van der Waals surface area contributed by atoms with Crippen LogP contribution in [0.3, 0.4) is 0 Å². The molecule has 0 saturated heterocycles. The molecule has 0 fully saturated rings. The summed E-state index contributed by atoms with van der Waals surface area (Å²) < 4.78 is 5.29. The monoisotopic (exact) mass is 356 g/mol. The van der Waals surface area contributed by atoms with Crippen LogP contribution in [0.2, 0.25) is 0 Å². The first-order chi connectivity index (χ1) is 12.0. The van der Waals surface area contributed by atoms with Crippen molar-refractivity contribution in [1.82, 2.24) is 0 Å². The molecule has 2 aromatic carbocycles. The van der Waals surface area contributed by atoms with E-state index < -0.39 is 5.97 Å². The number of carbonyl (C=O) groups is 2. The molecule has 130 valence electrons. The second kappa shape index (κ2) is 9.08. The number of hydrogen-bond donors (Lipinski definition) is 1. The number of aryl methyl sites for hydroxylation is 1. The highest BCUT2D eigenvalue weighted by molar-refractivity contribution is 7.99. The van der Waals surface area contributed by atoms with E-state index in [1.807, 2.05) is 31.2 Å². The number of aliphatic carboxylic acids is 1. The molecule has 4 nitrogen and oxygen atoms in total. The Hall–Kier alpha value is -2.53. The number of thioether (sulfide) groups is 1. The lowest BCUT2D eigenvalue weighted by Crippen LogP contribution is -2.01. The van der Waals surface area contributed by atoms with Gasteiger partial charge in [0, 0.05) is 16.9 Å². The molecule has 0 radical (unpaired) electrons. The Morgan fingerprint density at radius 3 is 2.68 bits per heavy atom. The van der Waals surface area contributed by atoms with Crippen LogP contribution in [-0.2, 0) is 10.5 Å². The summed E-state index contributed by atoms with van der Waals surface area (Å²) in [4.78, 5) is 23.1. The molecule has 0 aromatic heterocycles. The lowest BCUT2D eigenvalue weighted by atomic mass is 10.1. The first-order valence-corrected chi connectivity index (χ1v) is 8.90. The summed E-state index contributed by atoms with van der Waals surface area (Å²) in [5.74, 6) is 0.162. The minimum Gasteiger partial charge on any atom is -0.496 e. The molecular formula is C20H20O4S. The van der Waals surface area contributed by atoms with Gasteiger partial charge in [-0.3, -0.25) is 9.59 Å². The topological polar surface area (TPSA) is 63.6 Å². The molecule has 2 aromatic rings. The van der Waals surface area contributed by atoms with E-state index in [1.165, 1.54) is 11.8 Å². The summed E-state index contributed by atoms with van der Waals surface area (Å²) in [7, 11) is 1.56. The Morgan fingerprint density at radius 2 is 2.00 bits per heavy atom. The molecular weight excluding hydrogens is 336 g/mol. The van der Waals surface area contributed by atoms with Gasteiger partial charge in [0.25, 0.3) is 0 Å². The Labute approximate surface area is 151 Å². The standard InChI is InChI=1S/C20H20O4S/c1-14-4-3-5-15(10-14)6-8-18(21)16-7-9-19(24-2)17(11-16)12-25-13-20(22)23/h3-11H,12-13H2,1-2H3,(H,22,23). The highest BCUT2D eigenvalue weighted by Crippen LogP contribution is 2.25. The molecule has 0 aliphatic heterocycles. The third-order valence-corrected chi connectivity index (χ3v) is 4.48. The van der Waals surface area contributed by atoms with Crippen LogP contribution in [0.25, 0.3) is 6.08 Å². The lowest BCUT2D eigenvalue weighted by molar-refractivity contribution is -0.133. The van der Waals surface area contributed by atoms with E-state index in [-0.39, 0.29) is 11.5 Å². The number of carboxylic acid groups (broad SMARTS) is 1. The smallest absolute Gasteiger partial charge is 0.313 e. The van der Waals surface area contributed by atoms with Crippen LogP contribution in [-0.4, -0.2) is 29.7 Å². The van der Waals surface area contributed by atoms with Crippen LogP contribution < -0.4 is 4.74 Å². The van der Waals surface area contributed by atoms with Crippen molar-refractivity contribution in [2.75, 3.05) is 12.9 Å². The van der Waals surface area contributed by atoms with E-state index in [1.54, 1.807) is 37.5 Å². The van der Waals surface area contributed by atoms with Gasteiger partial charge in [-0.25, -0.2) is 0 Å². The van der Waals surface area contributed by atoms with Crippen LogP contribution in [0.5, 0.6) is 5.75 Å². The Balaban J connectivity index is 2.14. The van der Waals surface area contributed by atoms with Gasteiger partial charge in [-0.05, 0) is 36.8 Å². The number of carboxylic acids is 1. The molecule has 1 N–H and O–H groups in total. The maximum Gasteiger partial charge on any atom is 0.313 e. The number of benzene rings is 2. The highest BCUT2D eigenvalue weighted by Gasteiger charge is 2.09. The molecule has 0 bridgehead atoms. The summed E-state index contributed by atoms with van der Waals surface area (Å²) in [5, 5.41) is 8.74.